The Balaban J connectivity index is 2.01. The van der Waals surface area contributed by atoms with Gasteiger partial charge in [0, 0.05) is 24.2 Å². The zero-order valence-electron chi connectivity index (χ0n) is 11.1. The summed E-state index contributed by atoms with van der Waals surface area (Å²) in [7, 11) is 0. The molecule has 0 N–H and O–H groups in total. The van der Waals surface area contributed by atoms with Gasteiger partial charge >= 0.3 is 0 Å². The van der Waals surface area contributed by atoms with Crippen LogP contribution in [0, 0.1) is 0 Å². The summed E-state index contributed by atoms with van der Waals surface area (Å²) >= 11 is 5.93. The second kappa shape index (κ2) is 5.08. The highest BCUT2D eigenvalue weighted by Gasteiger charge is 2.36. The van der Waals surface area contributed by atoms with Crippen LogP contribution in [-0.4, -0.2) is 27.8 Å². The van der Waals surface area contributed by atoms with Gasteiger partial charge < -0.3 is 4.90 Å². The molecule has 4 nitrogen and oxygen atoms in total. The summed E-state index contributed by atoms with van der Waals surface area (Å²) in [6, 6.07) is 0.319. The van der Waals surface area contributed by atoms with Crippen LogP contribution in [0.1, 0.15) is 44.6 Å². The number of Topliss-reactive ketones (excluding diaryl/α,β-unsaturated/α-hetero) is 1. The Morgan fingerprint density at radius 1 is 1.32 bits per heavy atom. The highest BCUT2D eigenvalue weighted by Crippen LogP contribution is 2.34. The van der Waals surface area contributed by atoms with Gasteiger partial charge in [-0.25, -0.2) is 9.97 Å². The van der Waals surface area contributed by atoms with E-state index in [4.69, 9.17) is 11.6 Å². The molecule has 2 heterocycles. The average molecular weight is 280 g/mol. The van der Waals surface area contributed by atoms with Gasteiger partial charge in [0.05, 0.1) is 6.04 Å². The third-order valence-corrected chi connectivity index (χ3v) is 4.45. The summed E-state index contributed by atoms with van der Waals surface area (Å²) in [5.41, 5.74) is 0.915. The molecule has 3 rings (SSSR count). The van der Waals surface area contributed by atoms with Crippen LogP contribution in [0.4, 0.5) is 5.82 Å². The summed E-state index contributed by atoms with van der Waals surface area (Å²) in [5.74, 6) is 1.13. The predicted molar refractivity (Wildman–Crippen MR) is 74.6 cm³/mol. The molecular weight excluding hydrogens is 262 g/mol. The molecule has 2 aliphatic rings. The van der Waals surface area contributed by atoms with E-state index in [2.05, 4.69) is 14.9 Å². The molecule has 1 aromatic rings. The number of anilines is 1. The minimum absolute atomic E-state index is 0.0958. The number of hydrogen-bond donors (Lipinski definition) is 0. The van der Waals surface area contributed by atoms with Crippen LogP contribution in [0.25, 0.3) is 0 Å². The molecule has 0 amide bonds. The second-order valence-electron chi connectivity index (χ2n) is 5.51. The lowest BCUT2D eigenvalue weighted by atomic mass is 9.90. The van der Waals surface area contributed by atoms with E-state index in [1.807, 2.05) is 6.92 Å². The molecule has 5 heteroatoms. The Labute approximate surface area is 118 Å². The quantitative estimate of drug-likeness (QED) is 0.742. The number of nitrogens with zero attached hydrogens (tertiary/aromatic N) is 3. The fourth-order valence-corrected chi connectivity index (χ4v) is 3.38. The Bertz CT molecular complexity index is 499. The molecule has 0 bridgehead atoms. The normalized spacial score (nSPS) is 24.4. The monoisotopic (exact) mass is 279 g/mol. The van der Waals surface area contributed by atoms with Crippen molar-refractivity contribution in [2.45, 2.75) is 57.5 Å². The van der Waals surface area contributed by atoms with Crippen LogP contribution in [0.2, 0.25) is 5.28 Å². The van der Waals surface area contributed by atoms with Crippen molar-refractivity contribution in [3.05, 3.63) is 17.0 Å². The fraction of sp³-hybridized carbons (Fsp3) is 0.643. The van der Waals surface area contributed by atoms with Gasteiger partial charge in [-0.2, -0.15) is 0 Å². The van der Waals surface area contributed by atoms with Crippen molar-refractivity contribution < 1.29 is 4.79 Å². The standard InChI is InChI=1S/C14H18ClN3O/c1-9-12(19)7-10-8-16-14(15)17-13(10)18(9)11-5-3-2-4-6-11/h8-9,11H,2-7H2,1H3/t9-/m1/s1. The van der Waals surface area contributed by atoms with Gasteiger partial charge in [-0.3, -0.25) is 4.79 Å². The summed E-state index contributed by atoms with van der Waals surface area (Å²) in [4.78, 5) is 22.7. The topological polar surface area (TPSA) is 46.1 Å². The van der Waals surface area contributed by atoms with Crippen LogP contribution in [0.15, 0.2) is 6.20 Å². The number of halogens is 1. The summed E-state index contributed by atoms with van der Waals surface area (Å²) in [5, 5.41) is 0.265. The van der Waals surface area contributed by atoms with Gasteiger partial charge in [-0.05, 0) is 31.4 Å². The molecule has 102 valence electrons. The molecule has 1 aliphatic carbocycles. The smallest absolute Gasteiger partial charge is 0.224 e. The molecule has 1 aliphatic heterocycles. The molecule has 1 atom stereocenters. The molecule has 0 radical (unpaired) electrons. The van der Waals surface area contributed by atoms with Crippen LogP contribution in [0.3, 0.4) is 0 Å². The third-order valence-electron chi connectivity index (χ3n) is 4.27. The van der Waals surface area contributed by atoms with Crippen molar-refractivity contribution >= 4 is 23.2 Å². The number of rotatable bonds is 1. The van der Waals surface area contributed by atoms with Crippen molar-refractivity contribution in [1.82, 2.24) is 9.97 Å². The highest BCUT2D eigenvalue weighted by atomic mass is 35.5. The highest BCUT2D eigenvalue weighted by molar-refractivity contribution is 6.28. The number of ketones is 1. The molecular formula is C14H18ClN3O. The van der Waals surface area contributed by atoms with E-state index < -0.39 is 0 Å². The molecule has 1 aromatic heterocycles. The van der Waals surface area contributed by atoms with Gasteiger partial charge in [0.2, 0.25) is 5.28 Å². The van der Waals surface area contributed by atoms with Gasteiger partial charge in [0.1, 0.15) is 5.82 Å². The minimum Gasteiger partial charge on any atom is -0.343 e. The van der Waals surface area contributed by atoms with Crippen molar-refractivity contribution in [3.8, 4) is 0 Å². The summed E-state index contributed by atoms with van der Waals surface area (Å²) in [6.45, 7) is 1.98. The van der Waals surface area contributed by atoms with Crippen LogP contribution < -0.4 is 4.90 Å². The minimum atomic E-state index is -0.0958. The first-order valence-electron chi connectivity index (χ1n) is 6.99. The van der Waals surface area contributed by atoms with E-state index in [-0.39, 0.29) is 17.1 Å². The van der Waals surface area contributed by atoms with E-state index in [1.54, 1.807) is 6.20 Å². The Kier molecular flexibility index (Phi) is 3.44. The first kappa shape index (κ1) is 12.9. The summed E-state index contributed by atoms with van der Waals surface area (Å²) in [6.07, 6.45) is 8.16. The van der Waals surface area contributed by atoms with Gasteiger partial charge in [-0.1, -0.05) is 19.3 Å². The first-order valence-corrected chi connectivity index (χ1v) is 7.37. The molecule has 0 spiro atoms. The maximum atomic E-state index is 12.2. The first-order chi connectivity index (χ1) is 9.16. The van der Waals surface area contributed by atoms with E-state index in [0.29, 0.717) is 12.5 Å². The second-order valence-corrected chi connectivity index (χ2v) is 5.84. The average Bonchev–Trinajstić information content (AvgIpc) is 2.42. The Hall–Kier alpha value is -1.16. The van der Waals surface area contributed by atoms with Crippen LogP contribution in [-0.2, 0) is 11.2 Å². The molecule has 1 fully saturated rings. The Morgan fingerprint density at radius 2 is 2.05 bits per heavy atom. The van der Waals surface area contributed by atoms with E-state index in [1.165, 1.54) is 19.3 Å². The van der Waals surface area contributed by atoms with Crippen molar-refractivity contribution in [2.24, 2.45) is 0 Å². The largest absolute Gasteiger partial charge is 0.343 e. The lowest BCUT2D eigenvalue weighted by Crippen LogP contribution is -2.50. The number of carbonyl (C=O) groups excluding carboxylic acids is 1. The zero-order valence-corrected chi connectivity index (χ0v) is 11.9. The molecule has 0 aromatic carbocycles. The van der Waals surface area contributed by atoms with Crippen molar-refractivity contribution in [2.75, 3.05) is 4.90 Å². The number of fused-ring (bicyclic) bond motifs is 1. The van der Waals surface area contributed by atoms with Crippen LogP contribution >= 0.6 is 11.6 Å². The van der Waals surface area contributed by atoms with E-state index in [9.17, 15) is 4.79 Å². The molecule has 0 unspecified atom stereocenters. The van der Waals surface area contributed by atoms with Gasteiger partial charge in [0.25, 0.3) is 0 Å². The zero-order chi connectivity index (χ0) is 13.4. The SMILES string of the molecule is C[C@@H]1C(=O)Cc2cnc(Cl)nc2N1C1CCCCC1. The number of hydrogen-bond acceptors (Lipinski definition) is 4. The van der Waals surface area contributed by atoms with E-state index in [0.717, 1.165) is 24.2 Å². The summed E-state index contributed by atoms with van der Waals surface area (Å²) < 4.78 is 0. The Morgan fingerprint density at radius 3 is 2.79 bits per heavy atom. The lowest BCUT2D eigenvalue weighted by molar-refractivity contribution is -0.119. The van der Waals surface area contributed by atoms with Gasteiger partial charge in [-0.15, -0.1) is 0 Å². The fourth-order valence-electron chi connectivity index (χ4n) is 3.25. The predicted octanol–water partition coefficient (Wildman–Crippen LogP) is 2.78. The molecule has 0 saturated heterocycles. The van der Waals surface area contributed by atoms with Crippen molar-refractivity contribution in [1.29, 1.82) is 0 Å². The molecule has 19 heavy (non-hydrogen) atoms. The van der Waals surface area contributed by atoms with Crippen LogP contribution in [0.5, 0.6) is 0 Å². The van der Waals surface area contributed by atoms with Crippen molar-refractivity contribution in [3.63, 3.8) is 0 Å². The maximum Gasteiger partial charge on any atom is 0.224 e. The number of carbonyl (C=O) groups is 1. The number of aromatic nitrogens is 2. The van der Waals surface area contributed by atoms with Gasteiger partial charge in [0.15, 0.2) is 5.78 Å². The lowest BCUT2D eigenvalue weighted by Gasteiger charge is -2.42. The van der Waals surface area contributed by atoms with E-state index >= 15 is 0 Å². The third kappa shape index (κ3) is 2.34. The maximum absolute atomic E-state index is 12.2. The molecule has 1 saturated carbocycles.